The van der Waals surface area contributed by atoms with E-state index in [1.165, 1.54) is 11.6 Å². The number of carbonyl (C=O) groups is 2. The number of amides is 1. The third kappa shape index (κ3) is 12.6. The van der Waals surface area contributed by atoms with Crippen molar-refractivity contribution in [3.8, 4) is 6.07 Å². The Morgan fingerprint density at radius 2 is 1.49 bits per heavy atom. The highest BCUT2D eigenvalue weighted by atomic mass is 35.5. The molecule has 2 fully saturated rings. The quantitative estimate of drug-likeness (QED) is 0.0752. The van der Waals surface area contributed by atoms with Gasteiger partial charge in [0.2, 0.25) is 5.91 Å². The van der Waals surface area contributed by atoms with E-state index in [0.29, 0.717) is 50.9 Å². The van der Waals surface area contributed by atoms with Gasteiger partial charge < -0.3 is 15.3 Å². The van der Waals surface area contributed by atoms with E-state index >= 15 is 0 Å². The first-order chi connectivity index (χ1) is 24.5. The molecule has 53 heavy (non-hydrogen) atoms. The number of hydrogen-bond acceptors (Lipinski definition) is 11. The molecule has 2 aliphatic rings. The van der Waals surface area contributed by atoms with Crippen molar-refractivity contribution in [1.82, 2.24) is 20.0 Å². The second-order valence-corrected chi connectivity index (χ2v) is 19.7. The smallest absolute Gasteiger partial charge is 0.309 e. The fourth-order valence-electron chi connectivity index (χ4n) is 6.85. The third-order valence-corrected chi connectivity index (χ3v) is 13.4. The lowest BCUT2D eigenvalue weighted by Crippen LogP contribution is -2.53. The van der Waals surface area contributed by atoms with Crippen LogP contribution in [0.3, 0.4) is 0 Å². The van der Waals surface area contributed by atoms with E-state index in [-0.39, 0.29) is 36.2 Å². The summed E-state index contributed by atoms with van der Waals surface area (Å²) in [6.45, 7) is 7.76. The number of aliphatic carboxylic acids is 1. The molecule has 300 valence electrons. The summed E-state index contributed by atoms with van der Waals surface area (Å²) in [6, 6.07) is -0.0807. The summed E-state index contributed by atoms with van der Waals surface area (Å²) in [4.78, 5) is 26.5. The predicted octanol–water partition coefficient (Wildman–Crippen LogP) is 4.88. The van der Waals surface area contributed by atoms with E-state index < -0.39 is 88.7 Å². The van der Waals surface area contributed by atoms with Crippen LogP contribution in [0.2, 0.25) is 0 Å². The van der Waals surface area contributed by atoms with E-state index in [2.05, 4.69) is 26.5 Å². The lowest BCUT2D eigenvalue weighted by Gasteiger charge is -2.41. The van der Waals surface area contributed by atoms with Gasteiger partial charge in [-0.15, -0.1) is 51.5 Å². The molecule has 0 saturated heterocycles. The Labute approximate surface area is 330 Å². The zero-order valence-corrected chi connectivity index (χ0v) is 34.4. The van der Waals surface area contributed by atoms with Crippen molar-refractivity contribution in [2.75, 3.05) is 24.6 Å². The molecule has 3 rings (SSSR count). The van der Waals surface area contributed by atoms with Gasteiger partial charge in [0.1, 0.15) is 11.6 Å². The number of unbranched alkanes of at least 4 members (excludes halogenated alkanes) is 2. The van der Waals surface area contributed by atoms with E-state index in [4.69, 9.17) is 60.6 Å². The number of nitrogens with zero attached hydrogens (tertiary/aromatic N) is 6. The summed E-state index contributed by atoms with van der Waals surface area (Å²) in [6.07, 6.45) is 2.61. The van der Waals surface area contributed by atoms with E-state index in [1.807, 2.05) is 20.8 Å². The van der Waals surface area contributed by atoms with Crippen LogP contribution in [-0.2, 0) is 35.2 Å². The topological polar surface area (TPSA) is 245 Å². The molecule has 0 spiro atoms. The third-order valence-electron chi connectivity index (χ3n) is 9.41. The maximum absolute atomic E-state index is 12.4. The molecular weight excluding hydrogens is 820 g/mol. The molecule has 2 aliphatic carbocycles. The number of aromatic nitrogens is 2. The van der Waals surface area contributed by atoms with Crippen molar-refractivity contribution < 1.29 is 40.6 Å². The maximum Gasteiger partial charge on any atom is 0.309 e. The molecule has 1 amide bonds. The van der Waals surface area contributed by atoms with Gasteiger partial charge in [0, 0.05) is 18.4 Å². The van der Waals surface area contributed by atoms with Crippen LogP contribution in [0.5, 0.6) is 0 Å². The molecule has 0 aromatic carbocycles. The Morgan fingerprint density at radius 1 is 0.962 bits per heavy atom. The number of carbonyl (C=O) groups excluding carboxylic acids is 1. The van der Waals surface area contributed by atoms with E-state index in [1.54, 1.807) is 0 Å². The van der Waals surface area contributed by atoms with Gasteiger partial charge in [-0.3, -0.25) is 18.7 Å². The zero-order chi connectivity index (χ0) is 40.1. The number of azo groups is 1. The number of rotatable bonds is 16. The highest BCUT2D eigenvalue weighted by molar-refractivity contribution is 7.86. The van der Waals surface area contributed by atoms with Gasteiger partial charge in [-0.1, -0.05) is 20.8 Å². The lowest BCUT2D eigenvalue weighted by molar-refractivity contribution is -0.142. The van der Waals surface area contributed by atoms with Gasteiger partial charge in [-0.2, -0.15) is 32.3 Å². The molecule has 1 aromatic heterocycles. The Morgan fingerprint density at radius 3 is 1.92 bits per heavy atom. The van der Waals surface area contributed by atoms with Crippen molar-refractivity contribution in [3.05, 3.63) is 11.3 Å². The Kier molecular flexibility index (Phi) is 16.2. The molecule has 0 radical (unpaired) electrons. The fourth-order valence-corrected chi connectivity index (χ4v) is 9.80. The van der Waals surface area contributed by atoms with Crippen molar-refractivity contribution in [1.29, 1.82) is 5.26 Å². The minimum atomic E-state index is -4.14. The average Bonchev–Trinajstić information content (AvgIpc) is 3.40. The van der Waals surface area contributed by atoms with Crippen LogP contribution in [0.25, 0.3) is 0 Å². The SMILES string of the molecule is CC(=O)NC1CC(N(CCCCS(=O)(=O)O)CCCCS(=O)(=O)O)CCC1N=Nc1c(C#N)c(C(C)(C)C)nn1C1C(Cl)C(Cl)C(C(=O)O)C(Cl)C1Cl. The Balaban J connectivity index is 1.97. The van der Waals surface area contributed by atoms with Crippen LogP contribution in [0.4, 0.5) is 5.82 Å². The molecule has 7 unspecified atom stereocenters. The highest BCUT2D eigenvalue weighted by Gasteiger charge is 2.53. The molecule has 1 aromatic rings. The number of nitriles is 1. The molecule has 22 heteroatoms. The Bertz CT molecular complexity index is 1700. The van der Waals surface area contributed by atoms with Crippen LogP contribution in [0, 0.1) is 17.2 Å². The molecule has 0 aliphatic heterocycles. The summed E-state index contributed by atoms with van der Waals surface area (Å²) in [5.74, 6) is -3.65. The number of alkyl halides is 4. The van der Waals surface area contributed by atoms with Gasteiger partial charge in [0.15, 0.2) is 5.82 Å². The first kappa shape index (κ1) is 45.6. The van der Waals surface area contributed by atoms with Gasteiger partial charge in [0.05, 0.1) is 62.8 Å². The lowest BCUT2D eigenvalue weighted by atomic mass is 9.84. The minimum Gasteiger partial charge on any atom is -0.481 e. The predicted molar refractivity (Wildman–Crippen MR) is 201 cm³/mol. The van der Waals surface area contributed by atoms with Crippen molar-refractivity contribution in [3.63, 3.8) is 0 Å². The summed E-state index contributed by atoms with van der Waals surface area (Å²) in [5, 5.41) is 32.4. The maximum atomic E-state index is 12.4. The molecule has 1 heterocycles. The number of hydrogen-bond donors (Lipinski definition) is 4. The molecule has 7 atom stereocenters. The standard InChI is InChI=1S/C31H47Cl4N7O9S2/c1-17(43)37-21-15-18(41(11-5-7-13-52(46,47)48)12-6-8-14-53(49,50)51)9-10-20(21)38-39-29-19(16-36)28(31(2,3)4)40-42(29)27-25(34)23(32)22(30(44)45)24(33)26(27)35/h18,20-27H,5-15H2,1-4H3,(H,37,43)(H,44,45)(H,46,47,48)(H,49,50,51). The second-order valence-electron chi connectivity index (χ2n) is 14.6. The summed E-state index contributed by atoms with van der Waals surface area (Å²) in [7, 11) is -8.29. The normalized spacial score (nSPS) is 28.6. The summed E-state index contributed by atoms with van der Waals surface area (Å²) >= 11 is 26.6. The highest BCUT2D eigenvalue weighted by Crippen LogP contribution is 2.47. The van der Waals surface area contributed by atoms with E-state index in [0.717, 1.165) is 0 Å². The summed E-state index contributed by atoms with van der Waals surface area (Å²) in [5.41, 5.74) is -0.205. The minimum absolute atomic E-state index is 0.0169. The van der Waals surface area contributed by atoms with E-state index in [9.17, 15) is 36.8 Å². The number of halogens is 4. The second kappa shape index (κ2) is 18.9. The Hall–Kier alpha value is -1.82. The number of carboxylic acids is 1. The largest absolute Gasteiger partial charge is 0.481 e. The summed E-state index contributed by atoms with van der Waals surface area (Å²) < 4.78 is 64.7. The van der Waals surface area contributed by atoms with Crippen molar-refractivity contribution in [2.24, 2.45) is 16.1 Å². The average molecular weight is 868 g/mol. The van der Waals surface area contributed by atoms with Crippen molar-refractivity contribution >= 4 is 84.3 Å². The van der Waals surface area contributed by atoms with Crippen LogP contribution < -0.4 is 5.32 Å². The van der Waals surface area contributed by atoms with Gasteiger partial charge in [0.25, 0.3) is 20.2 Å². The molecule has 16 nitrogen and oxygen atoms in total. The monoisotopic (exact) mass is 865 g/mol. The van der Waals surface area contributed by atoms with Crippen molar-refractivity contribution in [2.45, 2.75) is 124 Å². The number of carboxylic acid groups (broad SMARTS) is 1. The van der Waals surface area contributed by atoms with Gasteiger partial charge in [-0.25, -0.2) is 4.68 Å². The molecule has 2 saturated carbocycles. The first-order valence-electron chi connectivity index (χ1n) is 17.1. The van der Waals surface area contributed by atoms with Crippen LogP contribution >= 0.6 is 46.4 Å². The number of nitrogens with one attached hydrogen (secondary N) is 1. The van der Waals surface area contributed by atoms with Gasteiger partial charge in [-0.05, 0) is 58.0 Å². The van der Waals surface area contributed by atoms with Crippen LogP contribution in [0.15, 0.2) is 10.2 Å². The molecular formula is C31H47Cl4N7O9S2. The van der Waals surface area contributed by atoms with Gasteiger partial charge >= 0.3 is 5.97 Å². The van der Waals surface area contributed by atoms with Crippen LogP contribution in [0.1, 0.15) is 89.9 Å². The molecule has 0 bridgehead atoms. The first-order valence-corrected chi connectivity index (χ1v) is 22.1. The zero-order valence-electron chi connectivity index (χ0n) is 29.8. The van der Waals surface area contributed by atoms with Crippen LogP contribution in [-0.4, -0.2) is 122 Å². The fraction of sp³-hybridized carbons (Fsp3) is 0.806. The molecule has 4 N–H and O–H groups in total.